The number of piperidine rings is 1. The van der Waals surface area contributed by atoms with Gasteiger partial charge in [-0.3, -0.25) is 9.80 Å². The van der Waals surface area contributed by atoms with Gasteiger partial charge in [-0.25, -0.2) is 0 Å². The van der Waals surface area contributed by atoms with Gasteiger partial charge >= 0.3 is 0 Å². The lowest BCUT2D eigenvalue weighted by atomic mass is 10.00. The van der Waals surface area contributed by atoms with Gasteiger partial charge in [0.25, 0.3) is 0 Å². The predicted octanol–water partition coefficient (Wildman–Crippen LogP) is 1.58. The van der Waals surface area contributed by atoms with Gasteiger partial charge in [0.1, 0.15) is 5.54 Å². The molecule has 0 aromatic heterocycles. The zero-order chi connectivity index (χ0) is 14.0. The van der Waals surface area contributed by atoms with Gasteiger partial charge in [-0.1, -0.05) is 6.42 Å². The van der Waals surface area contributed by atoms with Gasteiger partial charge in [-0.2, -0.15) is 5.26 Å². The number of rotatable bonds is 3. The molecule has 3 fully saturated rings. The highest BCUT2D eigenvalue weighted by molar-refractivity contribution is 5.13. The Hall–Kier alpha value is -0.630. The first kappa shape index (κ1) is 14.3. The number of hydrogen-bond acceptors (Lipinski definition) is 4. The Bertz CT molecular complexity index is 371. The molecule has 3 atom stereocenters. The molecule has 2 heterocycles. The molecule has 4 nitrogen and oxygen atoms in total. The summed E-state index contributed by atoms with van der Waals surface area (Å²) in [6.45, 7) is 5.08. The Morgan fingerprint density at radius 2 is 1.85 bits per heavy atom. The van der Waals surface area contributed by atoms with Crippen LogP contribution >= 0.6 is 0 Å². The standard InChI is InChI=1S/C16H28N4/c1-18-16(13-17)7-5-14(11-16)20-10-6-15(12-20)19-8-3-2-4-9-19/h14-15,18H,2-12H2,1H3. The Morgan fingerprint density at radius 1 is 1.05 bits per heavy atom. The highest BCUT2D eigenvalue weighted by Crippen LogP contribution is 2.34. The molecule has 0 radical (unpaired) electrons. The Morgan fingerprint density at radius 3 is 2.50 bits per heavy atom. The number of nitriles is 1. The minimum atomic E-state index is -0.256. The average Bonchev–Trinajstić information content (AvgIpc) is 3.15. The van der Waals surface area contributed by atoms with Gasteiger partial charge in [0.2, 0.25) is 0 Å². The molecule has 20 heavy (non-hydrogen) atoms. The van der Waals surface area contributed by atoms with Crippen molar-refractivity contribution in [2.75, 3.05) is 33.2 Å². The van der Waals surface area contributed by atoms with E-state index in [2.05, 4.69) is 21.2 Å². The van der Waals surface area contributed by atoms with E-state index >= 15 is 0 Å². The zero-order valence-electron chi connectivity index (χ0n) is 12.8. The van der Waals surface area contributed by atoms with Crippen molar-refractivity contribution in [1.82, 2.24) is 15.1 Å². The highest BCUT2D eigenvalue weighted by Gasteiger charge is 2.42. The monoisotopic (exact) mass is 276 g/mol. The van der Waals surface area contributed by atoms with Crippen LogP contribution < -0.4 is 5.32 Å². The summed E-state index contributed by atoms with van der Waals surface area (Å²) in [6, 6.07) is 3.91. The Balaban J connectivity index is 1.54. The summed E-state index contributed by atoms with van der Waals surface area (Å²) in [4.78, 5) is 5.38. The molecular weight excluding hydrogens is 248 g/mol. The smallest absolute Gasteiger partial charge is 0.108 e. The Labute approximate surface area is 123 Å². The van der Waals surface area contributed by atoms with Crippen molar-refractivity contribution < 1.29 is 0 Å². The fourth-order valence-electron chi connectivity index (χ4n) is 4.40. The molecule has 0 amide bonds. The number of nitrogens with one attached hydrogen (secondary N) is 1. The molecule has 2 saturated heterocycles. The van der Waals surface area contributed by atoms with Crippen molar-refractivity contribution in [2.45, 2.75) is 62.6 Å². The topological polar surface area (TPSA) is 42.3 Å². The first-order chi connectivity index (χ1) is 9.76. The van der Waals surface area contributed by atoms with Crippen LogP contribution in [0.3, 0.4) is 0 Å². The summed E-state index contributed by atoms with van der Waals surface area (Å²) in [7, 11) is 1.94. The van der Waals surface area contributed by atoms with Crippen molar-refractivity contribution in [3.63, 3.8) is 0 Å². The third-order valence-electron chi connectivity index (χ3n) is 5.80. The van der Waals surface area contributed by atoms with E-state index in [1.165, 1.54) is 58.3 Å². The van der Waals surface area contributed by atoms with E-state index in [0.717, 1.165) is 18.9 Å². The molecule has 0 aromatic carbocycles. The second-order valence-corrected chi connectivity index (χ2v) is 6.87. The van der Waals surface area contributed by atoms with Crippen molar-refractivity contribution in [3.05, 3.63) is 0 Å². The molecule has 0 aromatic rings. The van der Waals surface area contributed by atoms with Crippen molar-refractivity contribution in [1.29, 1.82) is 5.26 Å². The van der Waals surface area contributed by atoms with Gasteiger partial charge in [0.15, 0.2) is 0 Å². The van der Waals surface area contributed by atoms with E-state index in [4.69, 9.17) is 0 Å². The lowest BCUT2D eigenvalue weighted by Gasteiger charge is -2.33. The molecule has 1 saturated carbocycles. The van der Waals surface area contributed by atoms with E-state index in [1.54, 1.807) is 0 Å². The Kier molecular flexibility index (Phi) is 4.30. The molecule has 1 aliphatic carbocycles. The second-order valence-electron chi connectivity index (χ2n) is 6.87. The molecule has 0 bridgehead atoms. The summed E-state index contributed by atoms with van der Waals surface area (Å²) in [5.74, 6) is 0. The molecule has 0 spiro atoms. The van der Waals surface area contributed by atoms with Gasteiger partial charge in [0.05, 0.1) is 6.07 Å². The number of hydrogen-bond donors (Lipinski definition) is 1. The summed E-state index contributed by atoms with van der Waals surface area (Å²) < 4.78 is 0. The molecule has 1 N–H and O–H groups in total. The molecule has 112 valence electrons. The van der Waals surface area contributed by atoms with E-state index in [0.29, 0.717) is 6.04 Å². The average molecular weight is 276 g/mol. The third-order valence-corrected chi connectivity index (χ3v) is 5.80. The summed E-state index contributed by atoms with van der Waals surface area (Å²) >= 11 is 0. The van der Waals surface area contributed by atoms with Gasteiger partial charge in [-0.05, 0) is 58.7 Å². The summed E-state index contributed by atoms with van der Waals surface area (Å²) in [6.07, 6.45) is 8.72. The molecular formula is C16H28N4. The van der Waals surface area contributed by atoms with Crippen LogP contribution in [0, 0.1) is 11.3 Å². The maximum atomic E-state index is 9.39. The van der Waals surface area contributed by atoms with Crippen LogP contribution in [0.2, 0.25) is 0 Å². The first-order valence-electron chi connectivity index (χ1n) is 8.35. The summed E-state index contributed by atoms with van der Waals surface area (Å²) in [5.41, 5.74) is -0.256. The van der Waals surface area contributed by atoms with Crippen LogP contribution in [0.5, 0.6) is 0 Å². The first-order valence-corrected chi connectivity index (χ1v) is 8.35. The van der Waals surface area contributed by atoms with E-state index in [9.17, 15) is 5.26 Å². The number of nitrogens with zero attached hydrogens (tertiary/aromatic N) is 3. The molecule has 3 aliphatic rings. The minimum Gasteiger partial charge on any atom is -0.302 e. The van der Waals surface area contributed by atoms with Crippen LogP contribution in [0.25, 0.3) is 0 Å². The van der Waals surface area contributed by atoms with Gasteiger partial charge < -0.3 is 5.32 Å². The van der Waals surface area contributed by atoms with Crippen molar-refractivity contribution >= 4 is 0 Å². The molecule has 4 heteroatoms. The van der Waals surface area contributed by atoms with E-state index < -0.39 is 0 Å². The van der Waals surface area contributed by atoms with Gasteiger partial charge in [0, 0.05) is 25.2 Å². The number of likely N-dealkylation sites (tertiary alicyclic amines) is 2. The van der Waals surface area contributed by atoms with E-state index in [1.807, 2.05) is 7.05 Å². The quantitative estimate of drug-likeness (QED) is 0.850. The van der Waals surface area contributed by atoms with Crippen molar-refractivity contribution in [3.8, 4) is 6.07 Å². The fourth-order valence-corrected chi connectivity index (χ4v) is 4.40. The summed E-state index contributed by atoms with van der Waals surface area (Å²) in [5, 5.41) is 12.7. The van der Waals surface area contributed by atoms with Crippen molar-refractivity contribution in [2.24, 2.45) is 0 Å². The highest BCUT2D eigenvalue weighted by atomic mass is 15.3. The normalized spacial score (nSPS) is 40.0. The predicted molar refractivity (Wildman–Crippen MR) is 80.4 cm³/mol. The van der Waals surface area contributed by atoms with Crippen LogP contribution in [0.1, 0.15) is 44.9 Å². The maximum Gasteiger partial charge on any atom is 0.108 e. The molecule has 3 unspecified atom stereocenters. The van der Waals surface area contributed by atoms with Gasteiger partial charge in [-0.15, -0.1) is 0 Å². The lowest BCUT2D eigenvalue weighted by Crippen LogP contribution is -2.43. The van der Waals surface area contributed by atoms with Crippen LogP contribution in [0.15, 0.2) is 0 Å². The molecule has 2 aliphatic heterocycles. The largest absolute Gasteiger partial charge is 0.302 e. The maximum absolute atomic E-state index is 9.39. The fraction of sp³-hybridized carbons (Fsp3) is 0.938. The minimum absolute atomic E-state index is 0.256. The van der Waals surface area contributed by atoms with E-state index in [-0.39, 0.29) is 5.54 Å². The zero-order valence-corrected chi connectivity index (χ0v) is 12.8. The van der Waals surface area contributed by atoms with Crippen LogP contribution in [0.4, 0.5) is 0 Å². The SMILES string of the molecule is CNC1(C#N)CCC(N2CCC(N3CCCCC3)C2)C1. The third kappa shape index (κ3) is 2.72. The second kappa shape index (κ2) is 6.01. The molecule has 3 rings (SSSR count). The van der Waals surface area contributed by atoms with Crippen LogP contribution in [-0.2, 0) is 0 Å². The lowest BCUT2D eigenvalue weighted by molar-refractivity contribution is 0.151. The van der Waals surface area contributed by atoms with Crippen LogP contribution in [-0.4, -0.2) is 60.6 Å².